The van der Waals surface area contributed by atoms with Crippen LogP contribution in [0.3, 0.4) is 0 Å². The number of halogens is 2. The van der Waals surface area contributed by atoms with E-state index in [2.05, 4.69) is 9.97 Å². The number of hydrogen-bond acceptors (Lipinski definition) is 4. The second-order valence-corrected chi connectivity index (χ2v) is 5.02. The molecule has 0 atom stereocenters. The first-order valence-electron chi connectivity index (χ1n) is 6.75. The van der Waals surface area contributed by atoms with E-state index < -0.39 is 5.82 Å². The van der Waals surface area contributed by atoms with E-state index in [9.17, 15) is 9.50 Å². The van der Waals surface area contributed by atoms with Crippen molar-refractivity contribution >= 4 is 17.4 Å². The van der Waals surface area contributed by atoms with Crippen LogP contribution in [-0.4, -0.2) is 28.2 Å². The summed E-state index contributed by atoms with van der Waals surface area (Å²) in [4.78, 5) is 9.63. The lowest BCUT2D eigenvalue weighted by Crippen LogP contribution is -2.28. The highest BCUT2D eigenvalue weighted by Gasteiger charge is 2.16. The third kappa shape index (κ3) is 3.89. The smallest absolute Gasteiger partial charge is 0.187 e. The number of benzene rings is 1. The zero-order valence-corrected chi connectivity index (χ0v) is 12.5. The second kappa shape index (κ2) is 7.33. The summed E-state index contributed by atoms with van der Waals surface area (Å²) in [5.41, 5.74) is 1.29. The SMILES string of the molecule is CCc1ncnc(N(CCO)Cc2cccc(Cl)c2)c1F. The molecule has 2 rings (SSSR count). The van der Waals surface area contributed by atoms with Crippen LogP contribution >= 0.6 is 11.6 Å². The van der Waals surface area contributed by atoms with Crippen LogP contribution in [0.4, 0.5) is 10.2 Å². The van der Waals surface area contributed by atoms with Crippen molar-refractivity contribution in [2.24, 2.45) is 0 Å². The van der Waals surface area contributed by atoms with Crippen molar-refractivity contribution in [2.75, 3.05) is 18.1 Å². The number of aryl methyl sites for hydroxylation is 1. The molecule has 1 heterocycles. The quantitative estimate of drug-likeness (QED) is 0.891. The lowest BCUT2D eigenvalue weighted by atomic mass is 10.2. The molecule has 21 heavy (non-hydrogen) atoms. The van der Waals surface area contributed by atoms with Crippen LogP contribution in [0, 0.1) is 5.82 Å². The fourth-order valence-electron chi connectivity index (χ4n) is 2.10. The van der Waals surface area contributed by atoms with Gasteiger partial charge in [0, 0.05) is 18.1 Å². The Morgan fingerprint density at radius 3 is 2.81 bits per heavy atom. The van der Waals surface area contributed by atoms with Gasteiger partial charge in [-0.05, 0) is 24.1 Å². The first kappa shape index (κ1) is 15.7. The number of aromatic nitrogens is 2. The van der Waals surface area contributed by atoms with Crippen LogP contribution in [0.2, 0.25) is 5.02 Å². The molecular weight excluding hydrogens is 293 g/mol. The maximum atomic E-state index is 14.4. The molecule has 2 aromatic rings. The van der Waals surface area contributed by atoms with Crippen LogP contribution in [0.25, 0.3) is 0 Å². The van der Waals surface area contributed by atoms with Gasteiger partial charge in [0.15, 0.2) is 11.6 Å². The molecule has 0 aliphatic carbocycles. The van der Waals surface area contributed by atoms with Gasteiger partial charge in [0.05, 0.1) is 12.3 Å². The highest BCUT2D eigenvalue weighted by Crippen LogP contribution is 2.21. The summed E-state index contributed by atoms with van der Waals surface area (Å²) in [5.74, 6) is -0.230. The molecule has 0 fully saturated rings. The Labute approximate surface area is 128 Å². The topological polar surface area (TPSA) is 49.2 Å². The fourth-order valence-corrected chi connectivity index (χ4v) is 2.31. The predicted molar refractivity (Wildman–Crippen MR) is 81.0 cm³/mol. The summed E-state index contributed by atoms with van der Waals surface area (Å²) in [7, 11) is 0. The van der Waals surface area contributed by atoms with Crippen molar-refractivity contribution in [2.45, 2.75) is 19.9 Å². The Morgan fingerprint density at radius 2 is 2.14 bits per heavy atom. The number of aliphatic hydroxyl groups is 1. The van der Waals surface area contributed by atoms with Crippen molar-refractivity contribution in [1.82, 2.24) is 9.97 Å². The van der Waals surface area contributed by atoms with Gasteiger partial charge in [0.2, 0.25) is 0 Å². The van der Waals surface area contributed by atoms with E-state index in [1.807, 2.05) is 25.1 Å². The van der Waals surface area contributed by atoms with Gasteiger partial charge in [-0.2, -0.15) is 0 Å². The van der Waals surface area contributed by atoms with Gasteiger partial charge < -0.3 is 10.0 Å². The zero-order chi connectivity index (χ0) is 15.2. The monoisotopic (exact) mass is 309 g/mol. The third-order valence-electron chi connectivity index (χ3n) is 3.11. The minimum Gasteiger partial charge on any atom is -0.395 e. The minimum absolute atomic E-state index is 0.0918. The maximum absolute atomic E-state index is 14.4. The first-order chi connectivity index (χ1) is 10.2. The van der Waals surface area contributed by atoms with Crippen molar-refractivity contribution in [3.05, 3.63) is 52.7 Å². The first-order valence-corrected chi connectivity index (χ1v) is 7.13. The molecule has 0 unspecified atom stereocenters. The fraction of sp³-hybridized carbons (Fsp3) is 0.333. The molecule has 6 heteroatoms. The van der Waals surface area contributed by atoms with Crippen molar-refractivity contribution in [3.8, 4) is 0 Å². The Balaban J connectivity index is 2.31. The van der Waals surface area contributed by atoms with Gasteiger partial charge in [-0.15, -0.1) is 0 Å². The van der Waals surface area contributed by atoms with Crippen LogP contribution in [0.5, 0.6) is 0 Å². The van der Waals surface area contributed by atoms with E-state index in [4.69, 9.17) is 11.6 Å². The molecule has 0 saturated carbocycles. The van der Waals surface area contributed by atoms with Gasteiger partial charge in [-0.1, -0.05) is 30.7 Å². The molecule has 0 radical (unpaired) electrons. The number of rotatable bonds is 6. The molecule has 0 spiro atoms. The molecular formula is C15H17ClFN3O. The largest absolute Gasteiger partial charge is 0.395 e. The van der Waals surface area contributed by atoms with Crippen LogP contribution < -0.4 is 4.90 Å². The van der Waals surface area contributed by atoms with Crippen LogP contribution in [-0.2, 0) is 13.0 Å². The lowest BCUT2D eigenvalue weighted by molar-refractivity contribution is 0.300. The Kier molecular flexibility index (Phi) is 5.47. The van der Waals surface area contributed by atoms with E-state index in [0.717, 1.165) is 5.56 Å². The molecule has 1 aromatic heterocycles. The van der Waals surface area contributed by atoms with Crippen LogP contribution in [0.1, 0.15) is 18.2 Å². The van der Waals surface area contributed by atoms with Crippen molar-refractivity contribution < 1.29 is 9.50 Å². The number of hydrogen-bond donors (Lipinski definition) is 1. The third-order valence-corrected chi connectivity index (χ3v) is 3.35. The highest BCUT2D eigenvalue weighted by atomic mass is 35.5. The van der Waals surface area contributed by atoms with E-state index in [-0.39, 0.29) is 19.0 Å². The maximum Gasteiger partial charge on any atom is 0.187 e. The zero-order valence-electron chi connectivity index (χ0n) is 11.8. The Bertz CT molecular complexity index is 609. The predicted octanol–water partition coefficient (Wildman–Crippen LogP) is 2.83. The van der Waals surface area contributed by atoms with E-state index in [0.29, 0.717) is 23.7 Å². The minimum atomic E-state index is -0.435. The Morgan fingerprint density at radius 1 is 1.33 bits per heavy atom. The van der Waals surface area contributed by atoms with E-state index in [1.54, 1.807) is 11.0 Å². The van der Waals surface area contributed by atoms with E-state index in [1.165, 1.54) is 6.33 Å². The molecule has 0 aliphatic heterocycles. The summed E-state index contributed by atoms with van der Waals surface area (Å²) in [6.07, 6.45) is 1.84. The molecule has 0 bridgehead atoms. The molecule has 112 valence electrons. The number of anilines is 1. The standard InChI is InChI=1S/C15H17ClFN3O/c1-2-13-14(17)15(19-10-18-13)20(6-7-21)9-11-4-3-5-12(16)8-11/h3-5,8,10,21H,2,6-7,9H2,1H3. The average molecular weight is 310 g/mol. The van der Waals surface area contributed by atoms with E-state index >= 15 is 0 Å². The summed E-state index contributed by atoms with van der Waals surface area (Å²) in [5, 5.41) is 9.83. The summed E-state index contributed by atoms with van der Waals surface area (Å²) >= 11 is 5.96. The van der Waals surface area contributed by atoms with Gasteiger partial charge in [0.1, 0.15) is 6.33 Å². The van der Waals surface area contributed by atoms with Crippen molar-refractivity contribution in [1.29, 1.82) is 0 Å². The molecule has 1 aromatic carbocycles. The number of nitrogens with zero attached hydrogens (tertiary/aromatic N) is 3. The molecule has 0 aliphatic rings. The average Bonchev–Trinajstić information content (AvgIpc) is 2.47. The molecule has 1 N–H and O–H groups in total. The van der Waals surface area contributed by atoms with Crippen LogP contribution in [0.15, 0.2) is 30.6 Å². The summed E-state index contributed by atoms with van der Waals surface area (Å²) < 4.78 is 14.4. The van der Waals surface area contributed by atoms with Crippen molar-refractivity contribution in [3.63, 3.8) is 0 Å². The Hall–Kier alpha value is -1.72. The van der Waals surface area contributed by atoms with Gasteiger partial charge in [0.25, 0.3) is 0 Å². The highest BCUT2D eigenvalue weighted by molar-refractivity contribution is 6.30. The molecule has 0 amide bonds. The molecule has 4 nitrogen and oxygen atoms in total. The summed E-state index contributed by atoms with van der Waals surface area (Å²) in [6, 6.07) is 7.33. The van der Waals surface area contributed by atoms with Gasteiger partial charge in [-0.25, -0.2) is 14.4 Å². The lowest BCUT2D eigenvalue weighted by Gasteiger charge is -2.23. The second-order valence-electron chi connectivity index (χ2n) is 4.59. The van der Waals surface area contributed by atoms with Gasteiger partial charge >= 0.3 is 0 Å². The summed E-state index contributed by atoms with van der Waals surface area (Å²) in [6.45, 7) is 2.44. The normalized spacial score (nSPS) is 10.7. The molecule has 0 saturated heterocycles. The van der Waals surface area contributed by atoms with Gasteiger partial charge in [-0.3, -0.25) is 0 Å². The number of aliphatic hydroxyl groups excluding tert-OH is 1.